The smallest absolute Gasteiger partial charge is 0.305 e. The molecule has 6 heteroatoms. The topological polar surface area (TPSA) is 95.9 Å². The van der Waals surface area contributed by atoms with Gasteiger partial charge in [0.05, 0.1) is 25.4 Å². The molecule has 0 saturated heterocycles. The first-order valence-electron chi connectivity index (χ1n) is 39.9. The van der Waals surface area contributed by atoms with Gasteiger partial charge in [-0.2, -0.15) is 0 Å². The molecule has 2 unspecified atom stereocenters. The number of aliphatic hydroxyl groups is 2. The number of nitrogens with one attached hydrogen (secondary N) is 1. The third-order valence-corrected chi connectivity index (χ3v) is 18.6. The maximum atomic E-state index is 12.6. The third kappa shape index (κ3) is 72.9. The van der Waals surface area contributed by atoms with Crippen LogP contribution in [0.15, 0.2) is 48.6 Å². The zero-order valence-electron chi connectivity index (χ0n) is 59.5. The van der Waals surface area contributed by atoms with E-state index in [-0.39, 0.29) is 18.5 Å². The van der Waals surface area contributed by atoms with Gasteiger partial charge in [0, 0.05) is 12.8 Å². The molecule has 0 aromatic rings. The summed E-state index contributed by atoms with van der Waals surface area (Å²) in [6.07, 6.45) is 102. The van der Waals surface area contributed by atoms with E-state index >= 15 is 0 Å². The van der Waals surface area contributed by atoms with E-state index in [2.05, 4.69) is 55.6 Å². The molecule has 0 bridgehead atoms. The molecular formula is C82H155NO5. The van der Waals surface area contributed by atoms with Crippen LogP contribution in [0, 0.1) is 0 Å². The summed E-state index contributed by atoms with van der Waals surface area (Å²) < 4.78 is 5.50. The second-order valence-corrected chi connectivity index (χ2v) is 27.4. The van der Waals surface area contributed by atoms with Gasteiger partial charge < -0.3 is 20.3 Å². The van der Waals surface area contributed by atoms with Crippen molar-refractivity contribution in [2.75, 3.05) is 13.2 Å². The number of allylic oxidation sites excluding steroid dienone is 7. The molecular weight excluding hydrogens is 1080 g/mol. The Morgan fingerprint density at radius 3 is 0.898 bits per heavy atom. The Labute approximate surface area is 550 Å². The van der Waals surface area contributed by atoms with Gasteiger partial charge in [0.25, 0.3) is 0 Å². The van der Waals surface area contributed by atoms with Gasteiger partial charge in [0.15, 0.2) is 0 Å². The molecule has 0 fully saturated rings. The first kappa shape index (κ1) is 85.8. The molecule has 0 rings (SSSR count). The molecule has 88 heavy (non-hydrogen) atoms. The molecule has 0 aromatic carbocycles. The van der Waals surface area contributed by atoms with Gasteiger partial charge in [-0.15, -0.1) is 0 Å². The Hall–Kier alpha value is -2.18. The summed E-state index contributed by atoms with van der Waals surface area (Å²) in [5, 5.41) is 23.3. The summed E-state index contributed by atoms with van der Waals surface area (Å²) >= 11 is 0. The van der Waals surface area contributed by atoms with Crippen molar-refractivity contribution in [3.05, 3.63) is 48.6 Å². The van der Waals surface area contributed by atoms with Crippen LogP contribution in [0.2, 0.25) is 0 Å². The minimum Gasteiger partial charge on any atom is -0.466 e. The van der Waals surface area contributed by atoms with Gasteiger partial charge in [0.2, 0.25) is 5.91 Å². The highest BCUT2D eigenvalue weighted by atomic mass is 16.5. The van der Waals surface area contributed by atoms with Crippen LogP contribution < -0.4 is 5.32 Å². The number of ether oxygens (including phenoxy) is 1. The quantitative estimate of drug-likeness (QED) is 0.0320. The first-order valence-corrected chi connectivity index (χ1v) is 39.9. The van der Waals surface area contributed by atoms with E-state index in [1.807, 2.05) is 6.08 Å². The number of hydrogen-bond donors (Lipinski definition) is 3. The first-order chi connectivity index (χ1) is 43.5. The second kappa shape index (κ2) is 77.3. The molecule has 518 valence electrons. The lowest BCUT2D eigenvalue weighted by Gasteiger charge is -2.20. The average molecular weight is 1240 g/mol. The van der Waals surface area contributed by atoms with E-state index in [0.717, 1.165) is 51.4 Å². The fraction of sp³-hybridized carbons (Fsp3) is 0.878. The second-order valence-electron chi connectivity index (χ2n) is 27.4. The maximum absolute atomic E-state index is 12.6. The zero-order valence-corrected chi connectivity index (χ0v) is 59.5. The van der Waals surface area contributed by atoms with Gasteiger partial charge in [-0.3, -0.25) is 9.59 Å². The van der Waals surface area contributed by atoms with E-state index in [1.54, 1.807) is 6.08 Å². The number of rotatable bonds is 75. The highest BCUT2D eigenvalue weighted by Crippen LogP contribution is 2.19. The summed E-state index contributed by atoms with van der Waals surface area (Å²) in [5.41, 5.74) is 0. The van der Waals surface area contributed by atoms with Crippen molar-refractivity contribution in [2.45, 2.75) is 450 Å². The van der Waals surface area contributed by atoms with E-state index in [0.29, 0.717) is 19.4 Å². The van der Waals surface area contributed by atoms with Gasteiger partial charge in [-0.25, -0.2) is 0 Å². The lowest BCUT2D eigenvalue weighted by molar-refractivity contribution is -0.143. The third-order valence-electron chi connectivity index (χ3n) is 18.6. The standard InChI is InChI=1S/C82H155NO5/c1-3-5-7-9-11-13-15-17-19-21-22-23-33-36-39-43-46-50-54-58-62-66-70-74-80(85)79(78-84)83-81(86)75-71-67-63-59-55-51-47-44-40-37-34-31-29-27-25-24-26-28-30-32-35-38-41-45-49-53-57-61-65-69-73-77-88-82(87)76-72-68-64-60-56-52-48-42-20-18-16-14-12-10-8-6-4-2/h12,14,18,20,26,28,70,74,79-80,84-85H,3-11,13,15-17,19,21-25,27,29-69,71-73,75-78H2,1-2H3,(H,83,86)/b14-12-,20-18-,28-26-,74-70+. The number of hydrogen-bond acceptors (Lipinski definition) is 5. The van der Waals surface area contributed by atoms with Crippen LogP contribution >= 0.6 is 0 Å². The van der Waals surface area contributed by atoms with Crippen molar-refractivity contribution in [3.63, 3.8) is 0 Å². The Morgan fingerprint density at radius 1 is 0.318 bits per heavy atom. The Kier molecular flexibility index (Phi) is 75.4. The van der Waals surface area contributed by atoms with Gasteiger partial charge in [-0.05, 0) is 89.9 Å². The monoisotopic (exact) mass is 1230 g/mol. The van der Waals surface area contributed by atoms with Gasteiger partial charge >= 0.3 is 5.97 Å². The zero-order chi connectivity index (χ0) is 63.5. The van der Waals surface area contributed by atoms with Crippen LogP contribution in [0.25, 0.3) is 0 Å². The van der Waals surface area contributed by atoms with Gasteiger partial charge in [0.1, 0.15) is 0 Å². The van der Waals surface area contributed by atoms with Crippen LogP contribution in [0.1, 0.15) is 438 Å². The Balaban J connectivity index is 3.39. The molecule has 0 spiro atoms. The maximum Gasteiger partial charge on any atom is 0.305 e. The fourth-order valence-corrected chi connectivity index (χ4v) is 12.5. The SMILES string of the molecule is CCCCC/C=C\C/C=C\CCCCCCCCCC(=O)OCCCCCCCCCCCCCC/C=C\CCCCCCCCCCCCCCCCCC(=O)NC(CO)C(O)/C=C/CCCCCCCCCCCCCCCCCCCCCCC. The van der Waals surface area contributed by atoms with Crippen LogP contribution in [-0.2, 0) is 14.3 Å². The molecule has 0 aliphatic carbocycles. The molecule has 3 N–H and O–H groups in total. The molecule has 0 radical (unpaired) electrons. The van der Waals surface area contributed by atoms with E-state index in [1.165, 1.54) is 360 Å². The molecule has 6 nitrogen and oxygen atoms in total. The number of aliphatic hydroxyl groups excluding tert-OH is 2. The molecule has 1 amide bonds. The highest BCUT2D eigenvalue weighted by molar-refractivity contribution is 5.76. The number of esters is 1. The largest absolute Gasteiger partial charge is 0.466 e. The van der Waals surface area contributed by atoms with Crippen molar-refractivity contribution < 1.29 is 24.5 Å². The number of amides is 1. The average Bonchev–Trinajstić information content (AvgIpc) is 3.58. The number of carbonyl (C=O) groups is 2. The molecule has 0 saturated carbocycles. The fourth-order valence-electron chi connectivity index (χ4n) is 12.5. The molecule has 0 aliphatic heterocycles. The van der Waals surface area contributed by atoms with E-state index in [9.17, 15) is 19.8 Å². The summed E-state index contributed by atoms with van der Waals surface area (Å²) in [5.74, 6) is -0.0513. The molecule has 2 atom stereocenters. The normalized spacial score (nSPS) is 12.7. The number of unbranched alkanes of at least 4 members (excludes halogenated alkanes) is 58. The van der Waals surface area contributed by atoms with E-state index < -0.39 is 12.1 Å². The minimum atomic E-state index is -0.845. The van der Waals surface area contributed by atoms with Crippen molar-refractivity contribution >= 4 is 11.9 Å². The lowest BCUT2D eigenvalue weighted by atomic mass is 10.0. The summed E-state index contributed by atoms with van der Waals surface area (Å²) in [4.78, 5) is 24.7. The summed E-state index contributed by atoms with van der Waals surface area (Å²) in [6, 6.07) is -0.628. The predicted octanol–water partition coefficient (Wildman–Crippen LogP) is 26.4. The Bertz CT molecular complexity index is 1470. The summed E-state index contributed by atoms with van der Waals surface area (Å²) in [6.45, 7) is 4.92. The number of carbonyl (C=O) groups excluding carboxylic acids is 2. The van der Waals surface area contributed by atoms with Crippen LogP contribution in [0.4, 0.5) is 0 Å². The van der Waals surface area contributed by atoms with E-state index in [4.69, 9.17) is 4.74 Å². The Morgan fingerprint density at radius 2 is 0.568 bits per heavy atom. The molecule has 0 aliphatic rings. The molecule has 0 heterocycles. The van der Waals surface area contributed by atoms with Gasteiger partial charge in [-0.1, -0.05) is 383 Å². The van der Waals surface area contributed by atoms with Crippen molar-refractivity contribution in [1.82, 2.24) is 5.32 Å². The minimum absolute atomic E-state index is 0.0101. The molecule has 0 aromatic heterocycles. The summed E-state index contributed by atoms with van der Waals surface area (Å²) in [7, 11) is 0. The van der Waals surface area contributed by atoms with Crippen molar-refractivity contribution in [1.29, 1.82) is 0 Å². The van der Waals surface area contributed by atoms with Crippen LogP contribution in [0.5, 0.6) is 0 Å². The van der Waals surface area contributed by atoms with Crippen LogP contribution in [-0.4, -0.2) is 47.4 Å². The lowest BCUT2D eigenvalue weighted by Crippen LogP contribution is -2.45. The predicted molar refractivity (Wildman–Crippen MR) is 389 cm³/mol. The van der Waals surface area contributed by atoms with Crippen LogP contribution in [0.3, 0.4) is 0 Å². The van der Waals surface area contributed by atoms with Crippen molar-refractivity contribution in [2.24, 2.45) is 0 Å². The highest BCUT2D eigenvalue weighted by Gasteiger charge is 2.18. The van der Waals surface area contributed by atoms with Crippen molar-refractivity contribution in [3.8, 4) is 0 Å².